The second kappa shape index (κ2) is 7.30. The van der Waals surface area contributed by atoms with Gasteiger partial charge in [-0.3, -0.25) is 0 Å². The summed E-state index contributed by atoms with van der Waals surface area (Å²) >= 11 is 0. The quantitative estimate of drug-likeness (QED) is 0.401. The van der Waals surface area contributed by atoms with Crippen LogP contribution in [0.4, 0.5) is 0 Å². The molecule has 0 aromatic heterocycles. The number of hydrogen-bond donors (Lipinski definition) is 5. The summed E-state index contributed by atoms with van der Waals surface area (Å²) in [6.07, 6.45) is -5.64. The zero-order valence-corrected chi connectivity index (χ0v) is 11.9. The Balaban J connectivity index is 1.96. The average molecular weight is 308 g/mol. The Hall–Kier alpha value is -0.320. The summed E-state index contributed by atoms with van der Waals surface area (Å²) in [6, 6.07) is 0. The molecule has 21 heavy (non-hydrogen) atoms. The normalized spacial score (nSPS) is 48.3. The summed E-state index contributed by atoms with van der Waals surface area (Å²) in [5, 5.41) is 47.8. The molecule has 2 aliphatic heterocycles. The lowest BCUT2D eigenvalue weighted by Crippen LogP contribution is -2.54. The van der Waals surface area contributed by atoms with E-state index in [1.807, 2.05) is 6.92 Å². The van der Waals surface area contributed by atoms with E-state index in [2.05, 4.69) is 0 Å². The molecule has 0 saturated carbocycles. The maximum absolute atomic E-state index is 10.0. The van der Waals surface area contributed by atoms with Gasteiger partial charge >= 0.3 is 0 Å². The summed E-state index contributed by atoms with van der Waals surface area (Å²) < 4.78 is 16.1. The molecule has 5 N–H and O–H groups in total. The summed E-state index contributed by atoms with van der Waals surface area (Å²) in [5.41, 5.74) is 0. The molecule has 2 fully saturated rings. The topological polar surface area (TPSA) is 129 Å². The number of ether oxygens (including phenoxy) is 3. The van der Waals surface area contributed by atoms with Crippen LogP contribution in [0.1, 0.15) is 19.8 Å². The molecule has 0 spiro atoms. The predicted octanol–water partition coefficient (Wildman–Crippen LogP) is -2.06. The molecule has 8 nitrogen and oxygen atoms in total. The zero-order chi connectivity index (χ0) is 15.6. The number of aliphatic hydroxyl groups excluding tert-OH is 5. The molecule has 2 aliphatic rings. The van der Waals surface area contributed by atoms with Crippen LogP contribution in [0.25, 0.3) is 0 Å². The number of hydrogen-bond acceptors (Lipinski definition) is 8. The lowest BCUT2D eigenvalue weighted by atomic mass is 9.93. The van der Waals surface area contributed by atoms with Gasteiger partial charge in [0.1, 0.15) is 18.3 Å². The van der Waals surface area contributed by atoms with E-state index in [1.165, 1.54) is 0 Å². The van der Waals surface area contributed by atoms with Crippen molar-refractivity contribution in [1.29, 1.82) is 0 Å². The maximum Gasteiger partial charge on any atom is 0.159 e. The lowest BCUT2D eigenvalue weighted by molar-refractivity contribution is -0.304. The molecule has 0 amide bonds. The van der Waals surface area contributed by atoms with Crippen molar-refractivity contribution in [2.45, 2.75) is 62.9 Å². The first-order valence-corrected chi connectivity index (χ1v) is 7.18. The molecule has 2 rings (SSSR count). The molecule has 8 atom stereocenters. The third kappa shape index (κ3) is 3.91. The molecular formula is C13H24O8. The van der Waals surface area contributed by atoms with Crippen LogP contribution >= 0.6 is 0 Å². The average Bonchev–Trinajstić information content (AvgIpc) is 2.46. The fraction of sp³-hybridized carbons (Fsp3) is 1.00. The molecule has 0 bridgehead atoms. The molecule has 0 aliphatic carbocycles. The second-order valence-corrected chi connectivity index (χ2v) is 5.70. The van der Waals surface area contributed by atoms with E-state index >= 15 is 0 Å². The van der Waals surface area contributed by atoms with Crippen LogP contribution in [-0.4, -0.2) is 81.8 Å². The highest BCUT2D eigenvalue weighted by molar-refractivity contribution is 4.85. The van der Waals surface area contributed by atoms with Gasteiger partial charge in [-0.1, -0.05) is 6.92 Å². The van der Waals surface area contributed by atoms with Crippen LogP contribution in [0.3, 0.4) is 0 Å². The predicted molar refractivity (Wildman–Crippen MR) is 69.0 cm³/mol. The number of aliphatic hydroxyl groups is 5. The van der Waals surface area contributed by atoms with Gasteiger partial charge < -0.3 is 39.7 Å². The van der Waals surface area contributed by atoms with Crippen LogP contribution < -0.4 is 0 Å². The van der Waals surface area contributed by atoms with E-state index in [0.717, 1.165) is 0 Å². The highest BCUT2D eigenvalue weighted by atomic mass is 16.7. The van der Waals surface area contributed by atoms with Crippen molar-refractivity contribution in [3.05, 3.63) is 0 Å². The monoisotopic (exact) mass is 308 g/mol. The largest absolute Gasteiger partial charge is 0.394 e. The van der Waals surface area contributed by atoms with Gasteiger partial charge in [0.25, 0.3) is 0 Å². The fourth-order valence-corrected chi connectivity index (χ4v) is 2.78. The van der Waals surface area contributed by atoms with Gasteiger partial charge in [0.05, 0.1) is 25.4 Å². The Morgan fingerprint density at radius 3 is 2.19 bits per heavy atom. The Kier molecular flexibility index (Phi) is 5.92. The Morgan fingerprint density at radius 2 is 1.57 bits per heavy atom. The van der Waals surface area contributed by atoms with Crippen molar-refractivity contribution in [3.8, 4) is 0 Å². The van der Waals surface area contributed by atoms with Crippen LogP contribution in [0.5, 0.6) is 0 Å². The second-order valence-electron chi connectivity index (χ2n) is 5.70. The Bertz CT molecular complexity index is 327. The lowest BCUT2D eigenvalue weighted by Gasteiger charge is -2.42. The summed E-state index contributed by atoms with van der Waals surface area (Å²) in [5.74, 6) is -0.128. The van der Waals surface area contributed by atoms with Crippen LogP contribution in [0.2, 0.25) is 0 Å². The van der Waals surface area contributed by atoms with Crippen molar-refractivity contribution in [2.75, 3.05) is 13.2 Å². The van der Waals surface area contributed by atoms with E-state index in [0.29, 0.717) is 6.42 Å². The summed E-state index contributed by atoms with van der Waals surface area (Å²) in [4.78, 5) is 0. The number of rotatable bonds is 4. The summed E-state index contributed by atoms with van der Waals surface area (Å²) in [7, 11) is 0. The van der Waals surface area contributed by atoms with Crippen LogP contribution in [-0.2, 0) is 14.2 Å². The first kappa shape index (κ1) is 17.0. The third-order valence-electron chi connectivity index (χ3n) is 4.07. The first-order valence-electron chi connectivity index (χ1n) is 7.18. The van der Waals surface area contributed by atoms with Gasteiger partial charge in [-0.15, -0.1) is 0 Å². The van der Waals surface area contributed by atoms with Crippen molar-refractivity contribution in [1.82, 2.24) is 0 Å². The van der Waals surface area contributed by atoms with Crippen molar-refractivity contribution in [2.24, 2.45) is 5.92 Å². The van der Waals surface area contributed by atoms with Gasteiger partial charge in [-0.2, -0.15) is 0 Å². The minimum Gasteiger partial charge on any atom is -0.394 e. The first-order chi connectivity index (χ1) is 9.96. The van der Waals surface area contributed by atoms with Gasteiger partial charge in [-0.05, 0) is 5.92 Å². The molecule has 0 aromatic rings. The maximum atomic E-state index is 10.0. The Morgan fingerprint density at radius 1 is 0.952 bits per heavy atom. The van der Waals surface area contributed by atoms with Gasteiger partial charge in [0.15, 0.2) is 12.6 Å². The SMILES string of the molecule is CC1C[C@@H](OC2CC(O)OC(CO)C2O)OC(CO)C1O. The Labute approximate surface area is 122 Å². The molecule has 8 heteroatoms. The molecule has 7 unspecified atom stereocenters. The molecule has 2 saturated heterocycles. The van der Waals surface area contributed by atoms with Crippen LogP contribution in [0, 0.1) is 5.92 Å². The summed E-state index contributed by atoms with van der Waals surface area (Å²) in [6.45, 7) is 1.06. The van der Waals surface area contributed by atoms with Crippen molar-refractivity contribution in [3.63, 3.8) is 0 Å². The molecule has 0 aromatic carbocycles. The van der Waals surface area contributed by atoms with Crippen molar-refractivity contribution < 1.29 is 39.7 Å². The van der Waals surface area contributed by atoms with E-state index in [-0.39, 0.29) is 18.9 Å². The van der Waals surface area contributed by atoms with Crippen molar-refractivity contribution >= 4 is 0 Å². The highest BCUT2D eigenvalue weighted by Gasteiger charge is 2.41. The van der Waals surface area contributed by atoms with Crippen LogP contribution in [0.15, 0.2) is 0 Å². The van der Waals surface area contributed by atoms with E-state index < -0.39 is 49.7 Å². The molecule has 2 heterocycles. The smallest absolute Gasteiger partial charge is 0.159 e. The zero-order valence-electron chi connectivity index (χ0n) is 11.9. The minimum atomic E-state index is -1.13. The minimum absolute atomic E-state index is 0.0538. The molecule has 124 valence electrons. The highest BCUT2D eigenvalue weighted by Crippen LogP contribution is 2.29. The standard InChI is InChI=1S/C13H24O8/c1-6-2-11(21-8(4-14)12(6)17)20-7-3-10(16)19-9(5-15)13(7)18/h6-18H,2-5H2,1H3/t6?,7?,8?,9?,10?,11-,12?,13?/m0/s1. The van der Waals surface area contributed by atoms with Gasteiger partial charge in [0, 0.05) is 12.8 Å². The van der Waals surface area contributed by atoms with Gasteiger partial charge in [0.2, 0.25) is 0 Å². The fourth-order valence-electron chi connectivity index (χ4n) is 2.78. The van der Waals surface area contributed by atoms with E-state index in [9.17, 15) is 20.4 Å². The van der Waals surface area contributed by atoms with E-state index in [1.54, 1.807) is 0 Å². The molecule has 0 radical (unpaired) electrons. The third-order valence-corrected chi connectivity index (χ3v) is 4.07. The van der Waals surface area contributed by atoms with Gasteiger partial charge in [-0.25, -0.2) is 0 Å². The molecular weight excluding hydrogens is 284 g/mol. The van der Waals surface area contributed by atoms with E-state index in [4.69, 9.17) is 19.3 Å².